The molecule has 0 aliphatic heterocycles. The fourth-order valence-corrected chi connectivity index (χ4v) is 4.38. The third-order valence-corrected chi connectivity index (χ3v) is 6.63. The second kappa shape index (κ2) is 9.32. The van der Waals surface area contributed by atoms with Crippen LogP contribution in [0, 0.1) is 0 Å². The molecule has 1 heterocycles. The van der Waals surface area contributed by atoms with E-state index in [0.717, 1.165) is 6.07 Å². The van der Waals surface area contributed by atoms with Gasteiger partial charge in [-0.1, -0.05) is 18.2 Å². The minimum absolute atomic E-state index is 0.0658. The predicted molar refractivity (Wildman–Crippen MR) is 136 cm³/mol. The number of imidazole rings is 1. The van der Waals surface area contributed by atoms with E-state index in [1.165, 1.54) is 17.0 Å². The molecule has 188 valence electrons. The molecule has 0 spiro atoms. The number of anilines is 2. The monoisotopic (exact) mass is 515 g/mol. The number of nitrogens with one attached hydrogen (secondary N) is 1. The normalized spacial score (nSPS) is 13.4. The average molecular weight is 516 g/mol. The molecular formula is C25H24F3N5O2S. The summed E-state index contributed by atoms with van der Waals surface area (Å²) in [7, 11) is 0.361. The van der Waals surface area contributed by atoms with Gasteiger partial charge in [0.2, 0.25) is 5.95 Å². The van der Waals surface area contributed by atoms with Crippen LogP contribution in [-0.4, -0.2) is 44.5 Å². The fourth-order valence-electron chi connectivity index (χ4n) is 3.78. The van der Waals surface area contributed by atoms with Gasteiger partial charge in [-0.2, -0.15) is 13.2 Å². The Labute approximate surface area is 206 Å². The van der Waals surface area contributed by atoms with Crippen LogP contribution >= 0.6 is 0 Å². The summed E-state index contributed by atoms with van der Waals surface area (Å²) >= 11 is 0. The van der Waals surface area contributed by atoms with Crippen molar-refractivity contribution in [3.05, 3.63) is 83.4 Å². The SMILES string of the molecule is C=S(N)(=O)c1ccc(Nc2nc3cc(C(=O)N(C)C)ccc3n2Cc2ccccc2C(F)(F)F)cc1. The highest BCUT2D eigenvalue weighted by Crippen LogP contribution is 2.34. The van der Waals surface area contributed by atoms with Gasteiger partial charge in [0.1, 0.15) is 0 Å². The topological polar surface area (TPSA) is 93.2 Å². The fraction of sp³-hybridized carbons (Fsp3) is 0.160. The molecule has 0 saturated heterocycles. The Kier molecular flexibility index (Phi) is 6.54. The highest BCUT2D eigenvalue weighted by Gasteiger charge is 2.33. The smallest absolute Gasteiger partial charge is 0.345 e. The van der Waals surface area contributed by atoms with E-state index in [0.29, 0.717) is 27.2 Å². The molecule has 3 aromatic carbocycles. The number of carbonyl (C=O) groups is 1. The van der Waals surface area contributed by atoms with Crippen molar-refractivity contribution in [1.82, 2.24) is 14.5 Å². The van der Waals surface area contributed by atoms with Crippen molar-refractivity contribution >= 4 is 44.2 Å². The molecule has 1 unspecified atom stereocenters. The Bertz CT molecular complexity index is 1540. The molecule has 0 radical (unpaired) electrons. The molecule has 0 saturated carbocycles. The van der Waals surface area contributed by atoms with Gasteiger partial charge < -0.3 is 14.8 Å². The summed E-state index contributed by atoms with van der Waals surface area (Å²) in [6, 6.07) is 16.6. The number of rotatable bonds is 6. The number of amides is 1. The van der Waals surface area contributed by atoms with Gasteiger partial charge in [0.15, 0.2) is 0 Å². The number of nitrogens with two attached hydrogens (primary N) is 1. The molecule has 0 aliphatic rings. The summed E-state index contributed by atoms with van der Waals surface area (Å²) in [5.74, 6) is 3.50. The molecule has 4 rings (SSSR count). The molecule has 1 aromatic heterocycles. The van der Waals surface area contributed by atoms with Gasteiger partial charge in [-0.3, -0.25) is 9.93 Å². The molecular weight excluding hydrogens is 491 g/mol. The summed E-state index contributed by atoms with van der Waals surface area (Å²) in [5.41, 5.74) is 1.26. The van der Waals surface area contributed by atoms with E-state index in [-0.39, 0.29) is 24.0 Å². The van der Waals surface area contributed by atoms with E-state index in [1.54, 1.807) is 67.2 Å². The van der Waals surface area contributed by atoms with E-state index in [2.05, 4.69) is 16.2 Å². The zero-order valence-corrected chi connectivity index (χ0v) is 20.4. The first-order valence-electron chi connectivity index (χ1n) is 10.7. The third-order valence-electron chi connectivity index (χ3n) is 5.56. The van der Waals surface area contributed by atoms with Gasteiger partial charge >= 0.3 is 6.18 Å². The van der Waals surface area contributed by atoms with Crippen molar-refractivity contribution < 1.29 is 22.2 Å². The zero-order chi connectivity index (χ0) is 26.3. The number of fused-ring (bicyclic) bond motifs is 1. The van der Waals surface area contributed by atoms with Crippen LogP contribution in [0.2, 0.25) is 0 Å². The first kappa shape index (κ1) is 25.3. The number of hydrogen-bond donors (Lipinski definition) is 2. The van der Waals surface area contributed by atoms with Crippen LogP contribution in [0.15, 0.2) is 71.6 Å². The predicted octanol–water partition coefficient (Wildman–Crippen LogP) is 4.50. The molecule has 0 aliphatic carbocycles. The number of halogens is 3. The number of aromatic nitrogens is 2. The van der Waals surface area contributed by atoms with Crippen LogP contribution in [0.5, 0.6) is 0 Å². The van der Waals surface area contributed by atoms with Crippen molar-refractivity contribution in [2.75, 3.05) is 19.4 Å². The highest BCUT2D eigenvalue weighted by molar-refractivity contribution is 7.98. The van der Waals surface area contributed by atoms with Crippen LogP contribution in [-0.2, 0) is 22.4 Å². The molecule has 0 bridgehead atoms. The summed E-state index contributed by atoms with van der Waals surface area (Å²) in [4.78, 5) is 18.8. The molecule has 36 heavy (non-hydrogen) atoms. The summed E-state index contributed by atoms with van der Waals surface area (Å²) in [6.45, 7) is -0.122. The van der Waals surface area contributed by atoms with Crippen LogP contribution in [0.4, 0.5) is 24.8 Å². The first-order valence-corrected chi connectivity index (χ1v) is 12.5. The van der Waals surface area contributed by atoms with Crippen molar-refractivity contribution in [2.24, 2.45) is 5.14 Å². The molecule has 4 aromatic rings. The minimum Gasteiger partial charge on any atom is -0.345 e. The van der Waals surface area contributed by atoms with E-state index < -0.39 is 21.4 Å². The van der Waals surface area contributed by atoms with Crippen molar-refractivity contribution in [3.8, 4) is 0 Å². The number of benzene rings is 3. The van der Waals surface area contributed by atoms with Crippen LogP contribution < -0.4 is 10.5 Å². The number of hydrogen-bond acceptors (Lipinski definition) is 4. The van der Waals surface area contributed by atoms with Gasteiger partial charge in [0.25, 0.3) is 5.91 Å². The Morgan fingerprint density at radius 2 is 1.78 bits per heavy atom. The third kappa shape index (κ3) is 5.21. The zero-order valence-electron chi connectivity index (χ0n) is 19.5. The molecule has 3 N–H and O–H groups in total. The van der Waals surface area contributed by atoms with Crippen molar-refractivity contribution in [2.45, 2.75) is 17.6 Å². The van der Waals surface area contributed by atoms with E-state index in [9.17, 15) is 22.2 Å². The Morgan fingerprint density at radius 1 is 1.11 bits per heavy atom. The van der Waals surface area contributed by atoms with Crippen molar-refractivity contribution in [3.63, 3.8) is 0 Å². The van der Waals surface area contributed by atoms with E-state index in [4.69, 9.17) is 5.14 Å². The quantitative estimate of drug-likeness (QED) is 0.370. The summed E-state index contributed by atoms with van der Waals surface area (Å²) < 4.78 is 54.6. The van der Waals surface area contributed by atoms with Crippen LogP contribution in [0.3, 0.4) is 0 Å². The first-order chi connectivity index (χ1) is 16.8. The minimum atomic E-state index is -4.52. The Hall–Kier alpha value is -3.83. The second-order valence-corrected chi connectivity index (χ2v) is 10.4. The van der Waals surface area contributed by atoms with E-state index in [1.807, 2.05) is 0 Å². The molecule has 1 atom stereocenters. The lowest BCUT2D eigenvalue weighted by Crippen LogP contribution is -2.21. The maximum atomic E-state index is 13.7. The van der Waals surface area contributed by atoms with Crippen molar-refractivity contribution in [1.29, 1.82) is 0 Å². The van der Waals surface area contributed by atoms with Gasteiger partial charge in [-0.15, -0.1) is 0 Å². The van der Waals surface area contributed by atoms with Gasteiger partial charge in [-0.25, -0.2) is 9.19 Å². The molecule has 11 heteroatoms. The lowest BCUT2D eigenvalue weighted by molar-refractivity contribution is -0.138. The highest BCUT2D eigenvalue weighted by atomic mass is 32.2. The van der Waals surface area contributed by atoms with Gasteiger partial charge in [-0.05, 0) is 60.0 Å². The molecule has 1 amide bonds. The van der Waals surface area contributed by atoms with Crippen LogP contribution in [0.1, 0.15) is 21.5 Å². The summed E-state index contributed by atoms with van der Waals surface area (Å²) in [6.07, 6.45) is -4.52. The van der Waals surface area contributed by atoms with Gasteiger partial charge in [0.05, 0.1) is 32.8 Å². The standard InChI is InChI=1S/C25H24F3N5O2S/c1-32(2)23(34)16-8-13-22-21(14-16)31-24(30-18-9-11-19(12-10-18)36(3,29)35)33(22)15-17-6-4-5-7-20(17)25(26,27)28/h4-14H,3,15H2,1-2H3,(H2,29,35)(H,30,31). The number of carbonyl (C=O) groups excluding carboxylic acids is 1. The number of alkyl halides is 3. The largest absolute Gasteiger partial charge is 0.416 e. The number of nitrogens with zero attached hydrogens (tertiary/aromatic N) is 3. The van der Waals surface area contributed by atoms with Gasteiger partial charge in [0, 0.05) is 30.2 Å². The lowest BCUT2D eigenvalue weighted by Gasteiger charge is -2.16. The average Bonchev–Trinajstić information content (AvgIpc) is 3.14. The Morgan fingerprint density at radius 3 is 2.39 bits per heavy atom. The maximum Gasteiger partial charge on any atom is 0.416 e. The maximum absolute atomic E-state index is 13.7. The molecule has 7 nitrogen and oxygen atoms in total. The molecule has 0 fully saturated rings. The van der Waals surface area contributed by atoms with Crippen LogP contribution in [0.25, 0.3) is 11.0 Å². The second-order valence-electron chi connectivity index (χ2n) is 8.46. The Balaban J connectivity index is 1.82. The summed E-state index contributed by atoms with van der Waals surface area (Å²) in [5, 5.41) is 8.70. The lowest BCUT2D eigenvalue weighted by atomic mass is 10.1. The van der Waals surface area contributed by atoms with E-state index >= 15 is 0 Å².